The molecule has 0 spiro atoms. The van der Waals surface area contributed by atoms with E-state index in [0.29, 0.717) is 6.17 Å². The normalized spacial score (nSPS) is 26.3. The van der Waals surface area contributed by atoms with Gasteiger partial charge < -0.3 is 5.32 Å². The van der Waals surface area contributed by atoms with Gasteiger partial charge >= 0.3 is 0 Å². The summed E-state index contributed by atoms with van der Waals surface area (Å²) in [7, 11) is 0. The largest absolute Gasteiger partial charge is 0.368 e. The fourth-order valence-corrected chi connectivity index (χ4v) is 1.85. The minimum atomic E-state index is 0.483. The third-order valence-electron chi connectivity index (χ3n) is 2.78. The zero-order valence-corrected chi connectivity index (χ0v) is 7.46. The number of rotatable bonds is 1. The van der Waals surface area contributed by atoms with Crippen LogP contribution in [-0.2, 0) is 6.54 Å². The first-order valence-corrected chi connectivity index (χ1v) is 4.87. The highest BCUT2D eigenvalue weighted by Crippen LogP contribution is 2.34. The minimum Gasteiger partial charge on any atom is -0.368 e. The number of hydrogen-bond donors (Lipinski definition) is 2. The monoisotopic (exact) mass is 175 g/mol. The van der Waals surface area contributed by atoms with Crippen molar-refractivity contribution in [3.05, 3.63) is 24.0 Å². The molecule has 1 aliphatic carbocycles. The van der Waals surface area contributed by atoms with Crippen LogP contribution in [0.5, 0.6) is 0 Å². The van der Waals surface area contributed by atoms with Gasteiger partial charge in [0.1, 0.15) is 0 Å². The van der Waals surface area contributed by atoms with Gasteiger partial charge in [-0.25, -0.2) is 0 Å². The Morgan fingerprint density at radius 3 is 3.15 bits per heavy atom. The Hall–Kier alpha value is -1.09. The molecule has 3 heteroatoms. The smallest absolute Gasteiger partial charge is 0.0800 e. The van der Waals surface area contributed by atoms with Gasteiger partial charge in [-0.3, -0.25) is 10.3 Å². The first-order valence-electron chi connectivity index (χ1n) is 4.87. The van der Waals surface area contributed by atoms with E-state index in [-0.39, 0.29) is 0 Å². The molecule has 0 saturated heterocycles. The van der Waals surface area contributed by atoms with E-state index >= 15 is 0 Å². The lowest BCUT2D eigenvalue weighted by Gasteiger charge is -2.27. The van der Waals surface area contributed by atoms with E-state index in [0.717, 1.165) is 18.2 Å². The molecule has 0 radical (unpaired) electrons. The van der Waals surface area contributed by atoms with Crippen molar-refractivity contribution < 1.29 is 0 Å². The van der Waals surface area contributed by atoms with Gasteiger partial charge in [-0.2, -0.15) is 0 Å². The van der Waals surface area contributed by atoms with E-state index in [1.807, 2.05) is 12.3 Å². The molecule has 2 aliphatic rings. The van der Waals surface area contributed by atoms with Crippen LogP contribution >= 0.6 is 0 Å². The van der Waals surface area contributed by atoms with Gasteiger partial charge in [-0.05, 0) is 30.9 Å². The molecule has 1 atom stereocenters. The van der Waals surface area contributed by atoms with Gasteiger partial charge in [-0.1, -0.05) is 0 Å². The summed E-state index contributed by atoms with van der Waals surface area (Å²) in [5.74, 6) is 0.841. The van der Waals surface area contributed by atoms with E-state index in [9.17, 15) is 0 Å². The highest BCUT2D eigenvalue weighted by Gasteiger charge is 2.33. The van der Waals surface area contributed by atoms with Crippen LogP contribution in [-0.4, -0.2) is 11.1 Å². The van der Waals surface area contributed by atoms with Crippen LogP contribution in [0.3, 0.4) is 0 Å². The molecule has 68 valence electrons. The molecule has 0 bridgehead atoms. The second-order valence-electron chi connectivity index (χ2n) is 3.84. The van der Waals surface area contributed by atoms with Gasteiger partial charge in [0.25, 0.3) is 0 Å². The predicted octanol–water partition coefficient (Wildman–Crippen LogP) is 1.33. The Morgan fingerprint density at radius 1 is 1.38 bits per heavy atom. The summed E-state index contributed by atoms with van der Waals surface area (Å²) < 4.78 is 0. The average Bonchev–Trinajstić information content (AvgIpc) is 3.00. The van der Waals surface area contributed by atoms with E-state index in [1.54, 1.807) is 0 Å². The van der Waals surface area contributed by atoms with E-state index in [4.69, 9.17) is 0 Å². The van der Waals surface area contributed by atoms with Gasteiger partial charge in [-0.15, -0.1) is 0 Å². The fourth-order valence-electron chi connectivity index (χ4n) is 1.85. The molecular formula is C10H13N3. The third kappa shape index (κ3) is 1.29. The number of nitrogens with one attached hydrogen (secondary N) is 2. The maximum absolute atomic E-state index is 4.31. The van der Waals surface area contributed by atoms with Crippen molar-refractivity contribution in [3.63, 3.8) is 0 Å². The summed E-state index contributed by atoms with van der Waals surface area (Å²) >= 11 is 0. The van der Waals surface area contributed by atoms with Gasteiger partial charge in [0.05, 0.1) is 17.5 Å². The van der Waals surface area contributed by atoms with Crippen LogP contribution in [0.2, 0.25) is 0 Å². The second kappa shape index (κ2) is 2.70. The second-order valence-corrected chi connectivity index (χ2v) is 3.84. The Balaban J connectivity index is 1.85. The molecule has 3 rings (SSSR count). The van der Waals surface area contributed by atoms with E-state index in [1.165, 1.54) is 18.5 Å². The van der Waals surface area contributed by atoms with Crippen LogP contribution in [0.25, 0.3) is 0 Å². The van der Waals surface area contributed by atoms with E-state index < -0.39 is 0 Å². The number of anilines is 1. The average molecular weight is 175 g/mol. The summed E-state index contributed by atoms with van der Waals surface area (Å²) in [6, 6.07) is 4.10. The predicted molar refractivity (Wildman–Crippen MR) is 51.2 cm³/mol. The Bertz CT molecular complexity index is 320. The third-order valence-corrected chi connectivity index (χ3v) is 2.78. The standard InChI is InChI=1S/C10H13N3/c1-2-8-9(11-5-1)6-12-10(13-8)7-3-4-7/h1-2,5,7,10,12-13H,3-4,6H2. The zero-order chi connectivity index (χ0) is 8.67. The van der Waals surface area contributed by atoms with Crippen molar-refractivity contribution in [1.29, 1.82) is 0 Å². The molecule has 0 amide bonds. The molecule has 1 aromatic rings. The lowest BCUT2D eigenvalue weighted by Crippen LogP contribution is -2.41. The first kappa shape index (κ1) is 7.33. The molecule has 1 aliphatic heterocycles. The van der Waals surface area contributed by atoms with Crippen molar-refractivity contribution in [2.45, 2.75) is 25.6 Å². The first-order chi connectivity index (χ1) is 6.43. The highest BCUT2D eigenvalue weighted by atomic mass is 15.2. The number of fused-ring (bicyclic) bond motifs is 1. The molecule has 0 aromatic carbocycles. The molecule has 1 aromatic heterocycles. The summed E-state index contributed by atoms with van der Waals surface area (Å²) in [5.41, 5.74) is 2.34. The lowest BCUT2D eigenvalue weighted by atomic mass is 10.2. The Kier molecular flexibility index (Phi) is 1.52. The molecule has 2 N–H and O–H groups in total. The summed E-state index contributed by atoms with van der Waals surface area (Å²) in [5, 5.41) is 6.95. The van der Waals surface area contributed by atoms with Crippen molar-refractivity contribution in [2.75, 3.05) is 5.32 Å². The summed E-state index contributed by atoms with van der Waals surface area (Å²) in [6.07, 6.45) is 5.05. The molecule has 1 saturated carbocycles. The van der Waals surface area contributed by atoms with Crippen LogP contribution in [0.15, 0.2) is 18.3 Å². The number of pyridine rings is 1. The van der Waals surface area contributed by atoms with Crippen LogP contribution in [0.1, 0.15) is 18.5 Å². The van der Waals surface area contributed by atoms with Gasteiger partial charge in [0, 0.05) is 12.7 Å². The minimum absolute atomic E-state index is 0.483. The molecule has 1 unspecified atom stereocenters. The lowest BCUT2D eigenvalue weighted by molar-refractivity contribution is 0.486. The van der Waals surface area contributed by atoms with E-state index in [2.05, 4.69) is 21.7 Å². The molecule has 13 heavy (non-hydrogen) atoms. The van der Waals surface area contributed by atoms with Crippen molar-refractivity contribution in [1.82, 2.24) is 10.3 Å². The van der Waals surface area contributed by atoms with Gasteiger partial charge in [0.2, 0.25) is 0 Å². The topological polar surface area (TPSA) is 37.0 Å². The SMILES string of the molecule is c1cnc2c(c1)NC(C1CC1)NC2. The number of nitrogens with zero attached hydrogens (tertiary/aromatic N) is 1. The molecule has 1 fully saturated rings. The van der Waals surface area contributed by atoms with Crippen LogP contribution < -0.4 is 10.6 Å². The summed E-state index contributed by atoms with van der Waals surface area (Å²) in [4.78, 5) is 4.31. The fraction of sp³-hybridized carbons (Fsp3) is 0.500. The zero-order valence-electron chi connectivity index (χ0n) is 7.46. The van der Waals surface area contributed by atoms with Gasteiger partial charge in [0.15, 0.2) is 0 Å². The van der Waals surface area contributed by atoms with Crippen molar-refractivity contribution >= 4 is 5.69 Å². The Morgan fingerprint density at radius 2 is 2.31 bits per heavy atom. The Labute approximate surface area is 77.6 Å². The van der Waals surface area contributed by atoms with Crippen LogP contribution in [0, 0.1) is 5.92 Å². The quantitative estimate of drug-likeness (QED) is 0.676. The summed E-state index contributed by atoms with van der Waals surface area (Å²) in [6.45, 7) is 0.907. The van der Waals surface area contributed by atoms with Crippen molar-refractivity contribution in [2.24, 2.45) is 5.92 Å². The maximum Gasteiger partial charge on any atom is 0.0800 e. The molecule has 2 heterocycles. The van der Waals surface area contributed by atoms with Crippen LogP contribution in [0.4, 0.5) is 5.69 Å². The maximum atomic E-state index is 4.31. The molecule has 3 nitrogen and oxygen atoms in total. The number of aromatic nitrogens is 1. The number of hydrogen-bond acceptors (Lipinski definition) is 3. The van der Waals surface area contributed by atoms with Crippen molar-refractivity contribution in [3.8, 4) is 0 Å². The molecular weight excluding hydrogens is 162 g/mol. The highest BCUT2D eigenvalue weighted by molar-refractivity contribution is 5.50.